The van der Waals surface area contributed by atoms with Crippen molar-refractivity contribution >= 4 is 23.3 Å². The van der Waals surface area contributed by atoms with Gasteiger partial charge in [0.2, 0.25) is 0 Å². The van der Waals surface area contributed by atoms with E-state index in [1.165, 1.54) is 83.5 Å². The summed E-state index contributed by atoms with van der Waals surface area (Å²) in [5.74, 6) is -0.0913. The number of esters is 2. The van der Waals surface area contributed by atoms with Crippen molar-refractivity contribution in [3.63, 3.8) is 0 Å². The van der Waals surface area contributed by atoms with Gasteiger partial charge in [0.15, 0.2) is 0 Å². The average molecular weight is 762 g/mol. The second kappa shape index (κ2) is 35.0. The van der Waals surface area contributed by atoms with Crippen molar-refractivity contribution in [2.45, 2.75) is 213 Å². The molecule has 9 nitrogen and oxygen atoms in total. The zero-order valence-corrected chi connectivity index (χ0v) is 35.5. The lowest BCUT2D eigenvalue weighted by Crippen LogP contribution is -2.37. The first kappa shape index (κ1) is 49.6. The smallest absolute Gasteiger partial charge is 0.306 e. The van der Waals surface area contributed by atoms with Crippen LogP contribution in [0.1, 0.15) is 207 Å². The second-order valence-electron chi connectivity index (χ2n) is 15.6. The molecule has 0 radical (unpaired) electrons. The van der Waals surface area contributed by atoms with Crippen LogP contribution in [0.4, 0.5) is 11.4 Å². The number of anilines is 2. The molecule has 2 N–H and O–H groups in total. The minimum Gasteiger partial charge on any atom is -0.466 e. The van der Waals surface area contributed by atoms with Gasteiger partial charge >= 0.3 is 11.9 Å². The Labute approximate surface area is 330 Å². The van der Waals surface area contributed by atoms with E-state index >= 15 is 0 Å². The fourth-order valence-corrected chi connectivity index (χ4v) is 7.17. The first-order chi connectivity index (χ1) is 26.4. The number of hydrogen-bond acceptors (Lipinski definition) is 9. The molecule has 0 saturated carbocycles. The van der Waals surface area contributed by atoms with E-state index in [-0.39, 0.29) is 18.0 Å². The molecule has 0 fully saturated rings. The molecular weight excluding hydrogens is 679 g/mol. The van der Waals surface area contributed by atoms with Crippen LogP contribution in [0.15, 0.2) is 9.59 Å². The Hall–Kier alpha value is -2.42. The Balaban J connectivity index is 2.45. The Bertz CT molecular complexity index is 1100. The Kier molecular flexibility index (Phi) is 32.2. The predicted molar refractivity (Wildman–Crippen MR) is 228 cm³/mol. The third-order valence-electron chi connectivity index (χ3n) is 10.6. The van der Waals surface area contributed by atoms with Gasteiger partial charge in [0.05, 0.1) is 6.61 Å². The first-order valence-corrected chi connectivity index (χ1v) is 22.7. The van der Waals surface area contributed by atoms with Crippen molar-refractivity contribution in [2.75, 3.05) is 50.5 Å². The zero-order valence-electron chi connectivity index (χ0n) is 35.5. The largest absolute Gasteiger partial charge is 0.466 e. The normalized spacial score (nSPS) is 11.5. The van der Waals surface area contributed by atoms with Crippen LogP contribution in [0.5, 0.6) is 0 Å². The van der Waals surface area contributed by atoms with Gasteiger partial charge in [-0.05, 0) is 83.8 Å². The molecule has 1 rings (SSSR count). The van der Waals surface area contributed by atoms with Crippen LogP contribution in [0.3, 0.4) is 0 Å². The van der Waals surface area contributed by atoms with Gasteiger partial charge in [-0.2, -0.15) is 0 Å². The number of carbonyl (C=O) groups is 2. The van der Waals surface area contributed by atoms with Crippen LogP contribution < -0.4 is 21.5 Å². The minimum absolute atomic E-state index is 0.0371. The molecular formula is C45H83N3O6. The summed E-state index contributed by atoms with van der Waals surface area (Å²) >= 11 is 0. The van der Waals surface area contributed by atoms with Crippen molar-refractivity contribution < 1.29 is 19.1 Å². The van der Waals surface area contributed by atoms with Gasteiger partial charge in [-0.15, -0.1) is 0 Å². The fourth-order valence-electron chi connectivity index (χ4n) is 7.17. The average Bonchev–Trinajstić information content (AvgIpc) is 3.17. The summed E-state index contributed by atoms with van der Waals surface area (Å²) in [5.41, 5.74) is -0.0989. The van der Waals surface area contributed by atoms with E-state index in [0.717, 1.165) is 110 Å². The van der Waals surface area contributed by atoms with Crippen molar-refractivity contribution in [3.8, 4) is 0 Å². The molecule has 0 aromatic heterocycles. The van der Waals surface area contributed by atoms with Crippen molar-refractivity contribution in [1.29, 1.82) is 0 Å². The molecule has 0 aliphatic heterocycles. The van der Waals surface area contributed by atoms with Crippen LogP contribution in [0, 0.1) is 0 Å². The van der Waals surface area contributed by atoms with Crippen molar-refractivity contribution in [1.82, 2.24) is 4.90 Å². The van der Waals surface area contributed by atoms with Crippen LogP contribution in [0.2, 0.25) is 0 Å². The number of rotatable bonds is 40. The van der Waals surface area contributed by atoms with E-state index in [4.69, 9.17) is 9.47 Å². The Morgan fingerprint density at radius 1 is 0.537 bits per heavy atom. The minimum atomic E-state index is -0.448. The monoisotopic (exact) mass is 762 g/mol. The standard InChI is InChI=1S/C45H83N3O6/c1-5-8-11-13-18-22-30-39(31-23-19-14-12-9-6-2)54-41(50)33-25-27-36-48(37-29-34-47-43-42(46-4)44(51)45(43)52)35-26-21-17-15-16-20-24-32-40(49)53-38-28-10-7-3/h39,46-47H,5-38H2,1-4H3. The molecule has 0 unspecified atom stereocenters. The van der Waals surface area contributed by atoms with E-state index in [1.807, 2.05) is 0 Å². The van der Waals surface area contributed by atoms with E-state index in [1.54, 1.807) is 7.05 Å². The van der Waals surface area contributed by atoms with Crippen LogP contribution in [0.25, 0.3) is 0 Å². The molecule has 0 saturated heterocycles. The summed E-state index contributed by atoms with van der Waals surface area (Å²) < 4.78 is 11.4. The van der Waals surface area contributed by atoms with Gasteiger partial charge in [0.25, 0.3) is 10.9 Å². The van der Waals surface area contributed by atoms with Crippen molar-refractivity contribution in [2.24, 2.45) is 0 Å². The maximum Gasteiger partial charge on any atom is 0.306 e. The Morgan fingerprint density at radius 2 is 0.981 bits per heavy atom. The molecule has 54 heavy (non-hydrogen) atoms. The molecule has 0 spiro atoms. The molecule has 0 heterocycles. The van der Waals surface area contributed by atoms with E-state index < -0.39 is 10.9 Å². The fraction of sp³-hybridized carbons (Fsp3) is 0.867. The highest BCUT2D eigenvalue weighted by molar-refractivity contribution is 5.73. The van der Waals surface area contributed by atoms with Gasteiger partial charge in [0.1, 0.15) is 17.5 Å². The topological polar surface area (TPSA) is 114 Å². The number of hydrogen-bond donors (Lipinski definition) is 2. The third kappa shape index (κ3) is 25.6. The highest BCUT2D eigenvalue weighted by Crippen LogP contribution is 2.19. The highest BCUT2D eigenvalue weighted by Gasteiger charge is 2.19. The number of nitrogens with zero attached hydrogens (tertiary/aromatic N) is 1. The highest BCUT2D eigenvalue weighted by atomic mass is 16.5. The summed E-state index contributed by atoms with van der Waals surface area (Å²) in [6.45, 7) is 10.7. The number of carbonyl (C=O) groups excluding carboxylic acids is 2. The van der Waals surface area contributed by atoms with Crippen LogP contribution >= 0.6 is 0 Å². The van der Waals surface area contributed by atoms with Gasteiger partial charge in [-0.3, -0.25) is 19.2 Å². The number of nitrogens with one attached hydrogen (secondary N) is 2. The molecule has 9 heteroatoms. The lowest BCUT2D eigenvalue weighted by molar-refractivity contribution is -0.150. The molecule has 0 atom stereocenters. The molecule has 0 aliphatic rings. The van der Waals surface area contributed by atoms with Crippen LogP contribution in [-0.4, -0.2) is 62.8 Å². The van der Waals surface area contributed by atoms with Gasteiger partial charge in [0, 0.05) is 26.4 Å². The first-order valence-electron chi connectivity index (χ1n) is 22.7. The summed E-state index contributed by atoms with van der Waals surface area (Å²) in [6, 6.07) is 0. The summed E-state index contributed by atoms with van der Waals surface area (Å²) in [7, 11) is 1.66. The van der Waals surface area contributed by atoms with E-state index in [2.05, 4.69) is 36.3 Å². The number of ether oxygens (including phenoxy) is 2. The number of unbranched alkanes of at least 4 members (excludes halogenated alkanes) is 19. The lowest BCUT2D eigenvalue weighted by Gasteiger charge is -2.23. The molecule has 1 aromatic rings. The SMILES string of the molecule is CCCCCCCCC(CCCCCCCC)OC(=O)CCCCN(CCCCCCCCCC(=O)OCCCCC)CCCNc1c(NC)c(=O)c1=O. The van der Waals surface area contributed by atoms with Crippen LogP contribution in [-0.2, 0) is 19.1 Å². The molecule has 1 aromatic carbocycles. The maximum absolute atomic E-state index is 13.0. The van der Waals surface area contributed by atoms with Gasteiger partial charge < -0.3 is 25.0 Å². The third-order valence-corrected chi connectivity index (χ3v) is 10.6. The van der Waals surface area contributed by atoms with Crippen molar-refractivity contribution in [3.05, 3.63) is 20.4 Å². The summed E-state index contributed by atoms with van der Waals surface area (Å²) in [4.78, 5) is 51.0. The molecule has 314 valence electrons. The molecule has 0 aliphatic carbocycles. The van der Waals surface area contributed by atoms with Gasteiger partial charge in [-0.25, -0.2) is 0 Å². The zero-order chi connectivity index (χ0) is 39.5. The molecule has 0 bridgehead atoms. The molecule has 0 amide bonds. The Morgan fingerprint density at radius 3 is 1.57 bits per heavy atom. The van der Waals surface area contributed by atoms with Gasteiger partial charge in [-0.1, -0.05) is 130 Å². The quantitative estimate of drug-likeness (QED) is 0.0383. The summed E-state index contributed by atoms with van der Waals surface area (Å²) in [6.07, 6.45) is 31.8. The lowest BCUT2D eigenvalue weighted by atomic mass is 10.0. The maximum atomic E-state index is 13.0. The second-order valence-corrected chi connectivity index (χ2v) is 15.6. The summed E-state index contributed by atoms with van der Waals surface area (Å²) in [5, 5.41) is 5.99. The van der Waals surface area contributed by atoms with E-state index in [9.17, 15) is 19.2 Å². The van der Waals surface area contributed by atoms with E-state index in [0.29, 0.717) is 37.4 Å². The predicted octanol–water partition coefficient (Wildman–Crippen LogP) is 10.9.